The highest BCUT2D eigenvalue weighted by Crippen LogP contribution is 2.09. The Hall–Kier alpha value is -2.82. The maximum Gasteiger partial charge on any atom is 0.319 e. The van der Waals surface area contributed by atoms with Crippen molar-refractivity contribution in [2.75, 3.05) is 10.6 Å². The maximum atomic E-state index is 12.0. The van der Waals surface area contributed by atoms with Gasteiger partial charge in [0.1, 0.15) is 6.04 Å². The average molecular weight is 297 g/mol. The van der Waals surface area contributed by atoms with E-state index in [2.05, 4.69) is 16.0 Å². The molecule has 5 nitrogen and oxygen atoms in total. The van der Waals surface area contributed by atoms with Gasteiger partial charge in [-0.2, -0.15) is 0 Å². The molecule has 0 spiro atoms. The second kappa shape index (κ2) is 7.26. The fraction of sp³-hybridized carbons (Fsp3) is 0.176. The number of urea groups is 1. The summed E-state index contributed by atoms with van der Waals surface area (Å²) in [5.41, 5.74) is 2.49. The third kappa shape index (κ3) is 4.63. The topological polar surface area (TPSA) is 70.2 Å². The first-order valence-electron chi connectivity index (χ1n) is 7.04. The van der Waals surface area contributed by atoms with Crippen molar-refractivity contribution in [3.63, 3.8) is 0 Å². The number of hydrogen-bond donors (Lipinski definition) is 3. The number of amides is 3. The molecule has 0 radical (unpaired) electrons. The summed E-state index contributed by atoms with van der Waals surface area (Å²) in [6.45, 7) is 3.61. The molecule has 22 heavy (non-hydrogen) atoms. The largest absolute Gasteiger partial charge is 0.326 e. The Bertz CT molecular complexity index is 639. The molecule has 0 aliphatic rings. The monoisotopic (exact) mass is 297 g/mol. The lowest BCUT2D eigenvalue weighted by atomic mass is 10.2. The Labute approximate surface area is 129 Å². The molecule has 1 atom stereocenters. The van der Waals surface area contributed by atoms with Crippen LogP contribution >= 0.6 is 0 Å². The third-order valence-electron chi connectivity index (χ3n) is 3.09. The molecule has 3 N–H and O–H groups in total. The summed E-state index contributed by atoms with van der Waals surface area (Å²) in [7, 11) is 0. The van der Waals surface area contributed by atoms with E-state index < -0.39 is 12.1 Å². The number of nitrogens with one attached hydrogen (secondary N) is 3. The van der Waals surface area contributed by atoms with Crippen LogP contribution in [0.25, 0.3) is 0 Å². The molecule has 5 heteroatoms. The van der Waals surface area contributed by atoms with E-state index in [1.807, 2.05) is 49.4 Å². The number of carbonyl (C=O) groups excluding carboxylic acids is 2. The van der Waals surface area contributed by atoms with Gasteiger partial charge in [-0.25, -0.2) is 4.79 Å². The summed E-state index contributed by atoms with van der Waals surface area (Å²) in [5, 5.41) is 8.02. The van der Waals surface area contributed by atoms with Crippen molar-refractivity contribution in [3.8, 4) is 0 Å². The standard InChI is InChI=1S/C17H19N3O2/c1-12-8-10-15(11-9-12)19-16(21)13(2)18-17(22)20-14-6-4-3-5-7-14/h3-11,13H,1-2H3,(H,19,21)(H2,18,20,22). The van der Waals surface area contributed by atoms with Crippen LogP contribution in [0.15, 0.2) is 54.6 Å². The molecule has 0 aliphatic heterocycles. The average Bonchev–Trinajstić information content (AvgIpc) is 2.50. The van der Waals surface area contributed by atoms with Crippen LogP contribution in [0.4, 0.5) is 16.2 Å². The number of anilines is 2. The van der Waals surface area contributed by atoms with Crippen LogP contribution in [0.5, 0.6) is 0 Å². The zero-order chi connectivity index (χ0) is 15.9. The number of aryl methyl sites for hydroxylation is 1. The molecule has 0 saturated heterocycles. The number of carbonyl (C=O) groups is 2. The van der Waals surface area contributed by atoms with Crippen LogP contribution in [-0.2, 0) is 4.79 Å². The second-order valence-electron chi connectivity index (χ2n) is 5.04. The molecule has 2 aromatic rings. The van der Waals surface area contributed by atoms with Crippen molar-refractivity contribution >= 4 is 23.3 Å². The lowest BCUT2D eigenvalue weighted by Crippen LogP contribution is -2.43. The Morgan fingerprint density at radius 2 is 1.45 bits per heavy atom. The van der Waals surface area contributed by atoms with Crippen molar-refractivity contribution < 1.29 is 9.59 Å². The lowest BCUT2D eigenvalue weighted by molar-refractivity contribution is -0.117. The van der Waals surface area contributed by atoms with Crippen molar-refractivity contribution in [2.45, 2.75) is 19.9 Å². The highest BCUT2D eigenvalue weighted by Gasteiger charge is 2.15. The number of rotatable bonds is 4. The minimum Gasteiger partial charge on any atom is -0.326 e. The van der Waals surface area contributed by atoms with E-state index in [4.69, 9.17) is 0 Å². The SMILES string of the molecule is Cc1ccc(NC(=O)C(C)NC(=O)Nc2ccccc2)cc1. The summed E-state index contributed by atoms with van der Waals surface area (Å²) in [6, 6.07) is 15.5. The molecule has 0 aromatic heterocycles. The van der Waals surface area contributed by atoms with Gasteiger partial charge in [0.2, 0.25) is 5.91 Å². The Morgan fingerprint density at radius 3 is 2.09 bits per heavy atom. The van der Waals surface area contributed by atoms with E-state index in [0.29, 0.717) is 11.4 Å². The molecule has 2 aromatic carbocycles. The van der Waals surface area contributed by atoms with E-state index in [1.165, 1.54) is 0 Å². The Kier molecular flexibility index (Phi) is 5.14. The first-order chi connectivity index (χ1) is 10.5. The molecule has 1 unspecified atom stereocenters. The fourth-order valence-corrected chi connectivity index (χ4v) is 1.84. The van der Waals surface area contributed by atoms with Gasteiger partial charge >= 0.3 is 6.03 Å². The maximum absolute atomic E-state index is 12.0. The lowest BCUT2D eigenvalue weighted by Gasteiger charge is -2.15. The van der Waals surface area contributed by atoms with E-state index in [1.54, 1.807) is 19.1 Å². The quantitative estimate of drug-likeness (QED) is 0.811. The van der Waals surface area contributed by atoms with Crippen molar-refractivity contribution in [3.05, 3.63) is 60.2 Å². The molecular weight excluding hydrogens is 278 g/mol. The van der Waals surface area contributed by atoms with Crippen molar-refractivity contribution in [2.24, 2.45) is 0 Å². The number of benzene rings is 2. The predicted octanol–water partition coefficient (Wildman–Crippen LogP) is 3.14. The predicted molar refractivity (Wildman–Crippen MR) is 87.9 cm³/mol. The van der Waals surface area contributed by atoms with Gasteiger partial charge in [-0.05, 0) is 38.1 Å². The molecule has 0 aliphatic carbocycles. The van der Waals surface area contributed by atoms with Crippen LogP contribution in [0.2, 0.25) is 0 Å². The van der Waals surface area contributed by atoms with Gasteiger partial charge in [-0.1, -0.05) is 35.9 Å². The zero-order valence-electron chi connectivity index (χ0n) is 12.6. The van der Waals surface area contributed by atoms with E-state index in [-0.39, 0.29) is 5.91 Å². The molecule has 0 bridgehead atoms. The van der Waals surface area contributed by atoms with E-state index in [0.717, 1.165) is 5.56 Å². The van der Waals surface area contributed by atoms with E-state index >= 15 is 0 Å². The summed E-state index contributed by atoms with van der Waals surface area (Å²) >= 11 is 0. The van der Waals surface area contributed by atoms with Crippen LogP contribution in [0.3, 0.4) is 0 Å². The molecule has 2 rings (SSSR count). The molecule has 0 heterocycles. The molecule has 0 fully saturated rings. The minimum atomic E-state index is -0.648. The third-order valence-corrected chi connectivity index (χ3v) is 3.09. The first kappa shape index (κ1) is 15.6. The van der Waals surface area contributed by atoms with Crippen LogP contribution in [-0.4, -0.2) is 18.0 Å². The summed E-state index contributed by atoms with van der Waals surface area (Å²) in [5.74, 6) is -0.271. The highest BCUT2D eigenvalue weighted by molar-refractivity contribution is 5.98. The molecular formula is C17H19N3O2. The van der Waals surface area contributed by atoms with E-state index in [9.17, 15) is 9.59 Å². The van der Waals surface area contributed by atoms with Crippen LogP contribution < -0.4 is 16.0 Å². The number of hydrogen-bond acceptors (Lipinski definition) is 2. The Morgan fingerprint density at radius 1 is 0.864 bits per heavy atom. The van der Waals surface area contributed by atoms with Gasteiger partial charge in [-0.15, -0.1) is 0 Å². The van der Waals surface area contributed by atoms with Crippen molar-refractivity contribution in [1.29, 1.82) is 0 Å². The van der Waals surface area contributed by atoms with Gasteiger partial charge in [0.15, 0.2) is 0 Å². The zero-order valence-corrected chi connectivity index (χ0v) is 12.6. The Balaban J connectivity index is 1.85. The summed E-state index contributed by atoms with van der Waals surface area (Å²) in [4.78, 5) is 23.9. The molecule has 3 amide bonds. The van der Waals surface area contributed by atoms with Crippen molar-refractivity contribution in [1.82, 2.24) is 5.32 Å². The highest BCUT2D eigenvalue weighted by atomic mass is 16.2. The fourth-order valence-electron chi connectivity index (χ4n) is 1.84. The smallest absolute Gasteiger partial charge is 0.319 e. The summed E-state index contributed by atoms with van der Waals surface area (Å²) in [6.07, 6.45) is 0. The molecule has 114 valence electrons. The normalized spacial score (nSPS) is 11.4. The number of para-hydroxylation sites is 1. The first-order valence-corrected chi connectivity index (χ1v) is 7.04. The van der Waals surface area contributed by atoms with Gasteiger partial charge in [-0.3, -0.25) is 4.79 Å². The van der Waals surface area contributed by atoms with Gasteiger partial charge < -0.3 is 16.0 Å². The van der Waals surface area contributed by atoms with Gasteiger partial charge in [0, 0.05) is 11.4 Å². The van der Waals surface area contributed by atoms with Crippen LogP contribution in [0.1, 0.15) is 12.5 Å². The molecule has 0 saturated carbocycles. The summed E-state index contributed by atoms with van der Waals surface area (Å²) < 4.78 is 0. The van der Waals surface area contributed by atoms with Gasteiger partial charge in [0.05, 0.1) is 0 Å². The second-order valence-corrected chi connectivity index (χ2v) is 5.04. The minimum absolute atomic E-state index is 0.271. The van der Waals surface area contributed by atoms with Gasteiger partial charge in [0.25, 0.3) is 0 Å². The van der Waals surface area contributed by atoms with Crippen LogP contribution in [0, 0.1) is 6.92 Å².